The van der Waals surface area contributed by atoms with Gasteiger partial charge in [0.1, 0.15) is 24.3 Å². The Kier molecular flexibility index (Phi) is 18.6. The number of benzene rings is 17. The first-order valence-corrected chi connectivity index (χ1v) is 36.9. The molecule has 17 aromatic carbocycles. The van der Waals surface area contributed by atoms with Crippen molar-refractivity contribution in [3.05, 3.63) is 359 Å². The lowest BCUT2D eigenvalue weighted by atomic mass is 9.80. The number of rotatable bonds is 12. The number of hydrogen-bond donors (Lipinski definition) is 2. The van der Waals surface area contributed by atoms with Crippen LogP contribution in [0.1, 0.15) is 22.8 Å². The Labute approximate surface area is 649 Å². The van der Waals surface area contributed by atoms with Gasteiger partial charge in [0.2, 0.25) is 0 Å². The fourth-order valence-corrected chi connectivity index (χ4v) is 16.1. The molecule has 0 fully saturated rings. The van der Waals surface area contributed by atoms with Crippen molar-refractivity contribution >= 4 is 182 Å². The van der Waals surface area contributed by atoms with Crippen LogP contribution in [0.4, 0.5) is 51.2 Å². The summed E-state index contributed by atoms with van der Waals surface area (Å²) in [6.45, 7) is 0. The van der Waals surface area contributed by atoms with Gasteiger partial charge in [-0.15, -0.1) is 0 Å². The molecule has 0 saturated carbocycles. The zero-order chi connectivity index (χ0) is 74.9. The molecule has 0 aliphatic rings. The molecule has 0 bridgehead atoms. The summed E-state index contributed by atoms with van der Waals surface area (Å²) in [5, 5.41) is 69.3. The lowest BCUT2D eigenvalue weighted by molar-refractivity contribution is 0.426. The van der Waals surface area contributed by atoms with Gasteiger partial charge in [-0.2, -0.15) is 21.0 Å². The van der Waals surface area contributed by atoms with E-state index in [4.69, 9.17) is 9.97 Å². The van der Waals surface area contributed by atoms with E-state index in [0.717, 1.165) is 147 Å². The van der Waals surface area contributed by atoms with Crippen molar-refractivity contribution in [2.45, 2.75) is 0 Å². The molecule has 13 nitrogen and oxygen atoms in total. The van der Waals surface area contributed by atoms with Gasteiger partial charge >= 0.3 is 7.12 Å². The highest BCUT2D eigenvalue weighted by Gasteiger charge is 2.27. The zero-order valence-electron chi connectivity index (χ0n) is 58.3. The monoisotopic (exact) mass is 1540 g/mol. The fourth-order valence-electron chi connectivity index (χ4n) is 15.1. The maximum atomic E-state index is 10.0. The Hall–Kier alpha value is -14.2. The van der Waals surface area contributed by atoms with Gasteiger partial charge in [-0.1, -0.05) is 218 Å². The minimum atomic E-state index is -1.45. The van der Waals surface area contributed by atoms with E-state index in [9.17, 15) is 31.1 Å². The number of halogens is 2. The van der Waals surface area contributed by atoms with E-state index >= 15 is 0 Å². The number of aromatic nitrogens is 4. The van der Waals surface area contributed by atoms with Crippen molar-refractivity contribution < 1.29 is 10.0 Å². The minimum Gasteiger partial charge on any atom is -0.423 e. The highest BCUT2D eigenvalue weighted by Crippen LogP contribution is 2.52. The summed E-state index contributed by atoms with van der Waals surface area (Å²) in [6, 6.07) is 120. The smallest absolute Gasteiger partial charge is 0.423 e. The lowest BCUT2D eigenvalue weighted by Gasteiger charge is -2.27. The Bertz CT molecular complexity index is 6400. The van der Waals surface area contributed by atoms with Crippen LogP contribution in [-0.2, 0) is 0 Å². The van der Waals surface area contributed by atoms with Gasteiger partial charge in [-0.05, 0) is 190 Å². The predicted octanol–water partition coefficient (Wildman–Crippen LogP) is 23.2. The van der Waals surface area contributed by atoms with Crippen LogP contribution in [0.15, 0.2) is 337 Å². The third kappa shape index (κ3) is 12.3. The molecule has 0 saturated heterocycles. The third-order valence-electron chi connectivity index (χ3n) is 19.8. The van der Waals surface area contributed by atoms with Gasteiger partial charge in [0.25, 0.3) is 0 Å². The van der Waals surface area contributed by atoms with Crippen LogP contribution in [0.2, 0.25) is 0 Å². The molecule has 0 radical (unpaired) electrons. The fraction of sp³-hybridized carbons (Fsp3) is 0. The molecule has 0 aliphatic heterocycles. The molecule has 516 valence electrons. The highest BCUT2D eigenvalue weighted by molar-refractivity contribution is 9.13. The van der Waals surface area contributed by atoms with Crippen molar-refractivity contribution in [2.75, 3.05) is 14.7 Å². The minimum absolute atomic E-state index is 0.0211. The number of nitrogens with zero attached hydrogens (tertiary/aromatic N) is 11. The van der Waals surface area contributed by atoms with Gasteiger partial charge in [0.15, 0.2) is 22.8 Å². The topological polar surface area (TPSA) is 197 Å². The third-order valence-corrected chi connectivity index (χ3v) is 22.0. The molecule has 0 spiro atoms. The van der Waals surface area contributed by atoms with Crippen molar-refractivity contribution in [1.82, 2.24) is 19.9 Å². The van der Waals surface area contributed by atoms with Crippen LogP contribution >= 0.6 is 31.9 Å². The van der Waals surface area contributed by atoms with Gasteiger partial charge in [-0.25, -0.2) is 19.9 Å². The molecule has 19 aromatic rings. The first-order chi connectivity index (χ1) is 54.1. The average Bonchev–Trinajstić information content (AvgIpc) is 0.703. The van der Waals surface area contributed by atoms with Crippen molar-refractivity contribution in [3.63, 3.8) is 0 Å². The number of fused-ring (bicyclic) bond motifs is 6. The number of para-hydroxylation sites is 6. The van der Waals surface area contributed by atoms with Gasteiger partial charge in [-0.3, -0.25) is 0 Å². The molecule has 0 aliphatic carbocycles. The van der Waals surface area contributed by atoms with Crippen LogP contribution < -0.4 is 20.2 Å². The molecular weight excluding hydrogens is 1490 g/mol. The number of hydrogen-bond acceptors (Lipinski definition) is 13. The Balaban J connectivity index is 0.000000149. The Morgan fingerprint density at radius 2 is 0.455 bits per heavy atom. The van der Waals surface area contributed by atoms with Crippen LogP contribution in [0.3, 0.4) is 0 Å². The summed E-state index contributed by atoms with van der Waals surface area (Å²) >= 11 is 7.39. The largest absolute Gasteiger partial charge is 0.488 e. The van der Waals surface area contributed by atoms with Gasteiger partial charge in [0.05, 0.1) is 22.1 Å². The first kappa shape index (κ1) is 68.9. The van der Waals surface area contributed by atoms with E-state index in [1.807, 2.05) is 133 Å². The van der Waals surface area contributed by atoms with Gasteiger partial charge < -0.3 is 24.7 Å². The normalized spacial score (nSPS) is 11.1. The summed E-state index contributed by atoms with van der Waals surface area (Å²) < 4.78 is 1.95. The van der Waals surface area contributed by atoms with Gasteiger partial charge in [0, 0.05) is 103 Å². The van der Waals surface area contributed by atoms with Crippen LogP contribution in [0.25, 0.3) is 109 Å². The predicted molar refractivity (Wildman–Crippen MR) is 452 cm³/mol. The number of nitriles is 4. The van der Waals surface area contributed by atoms with Crippen molar-refractivity contribution in [1.29, 1.82) is 21.0 Å². The molecule has 2 aromatic heterocycles. The van der Waals surface area contributed by atoms with Crippen molar-refractivity contribution in [3.8, 4) is 46.5 Å². The SMILES string of the molecule is N#Cc1nc2c3cccc4c(-c5ccc(N(c6ccccc6)c6ccccc6)cc5)c(-c5ccc(N(c6ccccc6)c6ccccc6)cc5)c5cccc(c2nc1C#N)c5c43.N#Cc1nc2c3cccc4c(Br)c(Br)c5cccc(c2nc1C#N)c5c43.OB(O)c1ccc(N(c2ccccc2)c2ccccc2)cc1. The van der Waals surface area contributed by atoms with Crippen LogP contribution in [-0.4, -0.2) is 37.1 Å². The molecule has 19 rings (SSSR count). The molecule has 2 heterocycles. The van der Waals surface area contributed by atoms with E-state index in [1.54, 1.807) is 12.1 Å². The maximum absolute atomic E-state index is 10.0. The zero-order valence-corrected chi connectivity index (χ0v) is 61.5. The van der Waals surface area contributed by atoms with E-state index in [0.29, 0.717) is 27.5 Å². The summed E-state index contributed by atoms with van der Waals surface area (Å²) in [7, 11) is -1.45. The standard InChI is InChI=1S/C56H34N6.C20H6Br2N4.C18H16BNO2/c57-35-49-50(36-58)60-56-48-26-14-24-46-52(38-29-33-44(34-30-38)62(41-19-9-3-10-20-41)42-21-11-4-12-22-42)51(45-23-13-25-47(55(56)59-49)53(45)54(46)48)37-27-31-43(32-28-37)61(39-15-5-1-6-16-39)40-17-7-2-8-18-40;21-17-9-3-1-5-11-15(9)16-10(18(17)22)4-2-6-12(16)20-19(11)25-13(7-23)14(8-24)26-20;21-19(22)15-11-13-18(14-12-15)20(16-7-3-1-4-8-16)17-9-5-2-6-10-17/h1-34H;1-6H;1-14,21-22H. The van der Waals surface area contributed by atoms with E-state index in [-0.39, 0.29) is 22.8 Å². The molecule has 0 atom stereocenters. The van der Waals surface area contributed by atoms with E-state index in [2.05, 4.69) is 263 Å². The van der Waals surface area contributed by atoms with Crippen LogP contribution in [0, 0.1) is 45.3 Å². The Morgan fingerprint density at radius 1 is 0.245 bits per heavy atom. The lowest BCUT2D eigenvalue weighted by Crippen LogP contribution is -2.29. The summed E-state index contributed by atoms with van der Waals surface area (Å²) in [5.41, 5.74) is 16.8. The highest BCUT2D eigenvalue weighted by atomic mass is 79.9. The quantitative estimate of drug-likeness (QED) is 0.0666. The molecular formula is C94H56BBr2N11O2. The summed E-state index contributed by atoms with van der Waals surface area (Å²) in [6.07, 6.45) is 0. The summed E-state index contributed by atoms with van der Waals surface area (Å²) in [4.78, 5) is 25.3. The van der Waals surface area contributed by atoms with Crippen molar-refractivity contribution in [2.24, 2.45) is 0 Å². The average molecular weight is 1540 g/mol. The van der Waals surface area contributed by atoms with Crippen LogP contribution in [0.5, 0.6) is 0 Å². The second-order valence-corrected chi connectivity index (χ2v) is 27.6. The summed E-state index contributed by atoms with van der Waals surface area (Å²) in [5.74, 6) is 0. The van der Waals surface area contributed by atoms with E-state index < -0.39 is 7.12 Å². The second kappa shape index (κ2) is 29.6. The maximum Gasteiger partial charge on any atom is 0.488 e. The Morgan fingerprint density at radius 3 is 0.691 bits per heavy atom. The molecule has 0 unspecified atom stereocenters. The van der Waals surface area contributed by atoms with E-state index in [1.165, 1.54) is 0 Å². The molecule has 16 heteroatoms. The number of anilines is 9. The first-order valence-electron chi connectivity index (χ1n) is 35.3. The molecule has 0 amide bonds. The molecule has 2 N–H and O–H groups in total. The molecule has 110 heavy (non-hydrogen) atoms. The second-order valence-electron chi connectivity index (χ2n) is 26.1.